The second-order valence-electron chi connectivity index (χ2n) is 9.88. The average molecular weight is 478 g/mol. The fourth-order valence-corrected chi connectivity index (χ4v) is 4.64. The number of hydrogen-bond donors (Lipinski definition) is 0. The van der Waals surface area contributed by atoms with Gasteiger partial charge >= 0.3 is 0 Å². The van der Waals surface area contributed by atoms with Gasteiger partial charge in [0, 0.05) is 41.6 Å². The largest absolute Gasteiger partial charge is 0.496 e. The summed E-state index contributed by atoms with van der Waals surface area (Å²) in [6, 6.07) is 15.7. The average Bonchev–Trinajstić information content (AvgIpc) is 3.31. The van der Waals surface area contributed by atoms with Crippen LogP contribution in [0.3, 0.4) is 0 Å². The molecule has 0 spiro atoms. The SMILES string of the molecule is COc1ccccc1[C@H]1c2cccn2CCN1C(=O)CN(C(=O)c1ccc(F)c(C)c1)C(C)(C)C. The normalized spacial score (nSPS) is 15.5. The van der Waals surface area contributed by atoms with Crippen LogP contribution in [0.5, 0.6) is 5.75 Å². The summed E-state index contributed by atoms with van der Waals surface area (Å²) < 4.78 is 21.6. The number of para-hydroxylation sites is 1. The number of halogens is 1. The topological polar surface area (TPSA) is 54.8 Å². The minimum absolute atomic E-state index is 0.0921. The molecule has 0 saturated heterocycles. The first-order valence-corrected chi connectivity index (χ1v) is 11.8. The summed E-state index contributed by atoms with van der Waals surface area (Å²) in [5, 5.41) is 0. The third-order valence-corrected chi connectivity index (χ3v) is 6.55. The van der Waals surface area contributed by atoms with Crippen LogP contribution in [0.2, 0.25) is 0 Å². The molecule has 7 heteroatoms. The maximum Gasteiger partial charge on any atom is 0.254 e. The van der Waals surface area contributed by atoms with Gasteiger partial charge in [0.15, 0.2) is 0 Å². The molecule has 184 valence electrons. The van der Waals surface area contributed by atoms with Crippen molar-refractivity contribution in [3.05, 3.63) is 89.0 Å². The highest BCUT2D eigenvalue weighted by Crippen LogP contribution is 2.37. The van der Waals surface area contributed by atoms with Crippen LogP contribution in [0, 0.1) is 12.7 Å². The van der Waals surface area contributed by atoms with Crippen LogP contribution >= 0.6 is 0 Å². The number of rotatable bonds is 5. The van der Waals surface area contributed by atoms with Gasteiger partial charge in [-0.05, 0) is 69.7 Å². The summed E-state index contributed by atoms with van der Waals surface area (Å²) >= 11 is 0. The van der Waals surface area contributed by atoms with Crippen molar-refractivity contribution in [3.8, 4) is 5.75 Å². The number of ether oxygens (including phenoxy) is 1. The Bertz CT molecular complexity index is 1240. The molecule has 0 N–H and O–H groups in total. The van der Waals surface area contributed by atoms with E-state index in [1.807, 2.05) is 68.3 Å². The molecule has 1 atom stereocenters. The molecule has 6 nitrogen and oxygen atoms in total. The van der Waals surface area contributed by atoms with E-state index in [4.69, 9.17) is 4.74 Å². The van der Waals surface area contributed by atoms with Gasteiger partial charge in [0.05, 0.1) is 7.11 Å². The number of aryl methyl sites for hydroxylation is 1. The molecule has 2 aromatic carbocycles. The lowest BCUT2D eigenvalue weighted by molar-refractivity contribution is -0.135. The zero-order chi connectivity index (χ0) is 25.3. The van der Waals surface area contributed by atoms with Crippen LogP contribution in [-0.2, 0) is 11.3 Å². The standard InChI is InChI=1S/C28H32FN3O3/c1-19-17-20(12-13-22(19)29)27(34)32(28(2,3)4)18-25(33)31-16-15-30-14-8-10-23(30)26(31)21-9-6-7-11-24(21)35-5/h6-14,17,26H,15-16,18H2,1-5H3/t26-/m0/s1. The smallest absolute Gasteiger partial charge is 0.254 e. The van der Waals surface area contributed by atoms with E-state index in [0.29, 0.717) is 30.0 Å². The van der Waals surface area contributed by atoms with Crippen LogP contribution in [-0.4, -0.2) is 51.9 Å². The van der Waals surface area contributed by atoms with E-state index < -0.39 is 5.54 Å². The van der Waals surface area contributed by atoms with Gasteiger partial charge in [-0.25, -0.2) is 4.39 Å². The molecular formula is C28H32FN3O3. The summed E-state index contributed by atoms with van der Waals surface area (Å²) in [7, 11) is 1.62. The first-order valence-electron chi connectivity index (χ1n) is 11.8. The maximum atomic E-state index is 13.8. The maximum absolute atomic E-state index is 13.8. The Morgan fingerprint density at radius 3 is 2.51 bits per heavy atom. The molecule has 2 amide bonds. The predicted octanol–water partition coefficient (Wildman–Crippen LogP) is 4.82. The fraction of sp³-hybridized carbons (Fsp3) is 0.357. The van der Waals surface area contributed by atoms with Gasteiger partial charge in [-0.15, -0.1) is 0 Å². The van der Waals surface area contributed by atoms with E-state index >= 15 is 0 Å². The van der Waals surface area contributed by atoms with Gasteiger partial charge in [-0.1, -0.05) is 18.2 Å². The molecule has 1 aromatic heterocycles. The molecule has 2 heterocycles. The van der Waals surface area contributed by atoms with E-state index in [1.165, 1.54) is 18.2 Å². The Labute approximate surface area is 205 Å². The second-order valence-corrected chi connectivity index (χ2v) is 9.88. The van der Waals surface area contributed by atoms with Gasteiger partial charge < -0.3 is 19.1 Å². The van der Waals surface area contributed by atoms with Gasteiger partial charge in [0.25, 0.3) is 5.91 Å². The van der Waals surface area contributed by atoms with Crippen molar-refractivity contribution >= 4 is 11.8 Å². The summed E-state index contributed by atoms with van der Waals surface area (Å²) in [6.45, 7) is 8.39. The number of carbonyl (C=O) groups is 2. The number of hydrogen-bond acceptors (Lipinski definition) is 3. The van der Waals surface area contributed by atoms with E-state index in [2.05, 4.69) is 4.57 Å². The Kier molecular flexibility index (Phi) is 6.70. The number of aromatic nitrogens is 1. The van der Waals surface area contributed by atoms with Gasteiger partial charge in [0.1, 0.15) is 24.2 Å². The summed E-state index contributed by atoms with van der Waals surface area (Å²) in [6.07, 6.45) is 2.02. The molecule has 0 saturated carbocycles. The minimum Gasteiger partial charge on any atom is -0.496 e. The fourth-order valence-electron chi connectivity index (χ4n) is 4.64. The zero-order valence-electron chi connectivity index (χ0n) is 20.9. The Hall–Kier alpha value is -3.61. The number of fused-ring (bicyclic) bond motifs is 1. The molecule has 0 unspecified atom stereocenters. The third kappa shape index (κ3) is 4.81. The van der Waals surface area contributed by atoms with Crippen LogP contribution in [0.1, 0.15) is 54.0 Å². The number of benzene rings is 2. The molecule has 4 rings (SSSR count). The van der Waals surface area contributed by atoms with Crippen molar-refractivity contribution in [1.29, 1.82) is 0 Å². The van der Waals surface area contributed by atoms with E-state index in [-0.39, 0.29) is 30.2 Å². The highest BCUT2D eigenvalue weighted by Gasteiger charge is 2.37. The Morgan fingerprint density at radius 1 is 1.09 bits per heavy atom. The number of amides is 2. The highest BCUT2D eigenvalue weighted by molar-refractivity contribution is 5.97. The molecule has 35 heavy (non-hydrogen) atoms. The van der Waals surface area contributed by atoms with E-state index in [0.717, 1.165) is 11.3 Å². The highest BCUT2D eigenvalue weighted by atomic mass is 19.1. The molecule has 0 fully saturated rings. The number of carbonyl (C=O) groups excluding carboxylic acids is 2. The minimum atomic E-state index is -0.620. The van der Waals surface area contributed by atoms with Gasteiger partial charge in [-0.3, -0.25) is 9.59 Å². The lowest BCUT2D eigenvalue weighted by Crippen LogP contribution is -2.53. The van der Waals surface area contributed by atoms with E-state index in [1.54, 1.807) is 18.9 Å². The molecule has 1 aliphatic rings. The first kappa shape index (κ1) is 24.5. The second kappa shape index (κ2) is 9.56. The Morgan fingerprint density at radius 2 is 1.83 bits per heavy atom. The Balaban J connectivity index is 1.69. The van der Waals surface area contributed by atoms with Crippen LogP contribution in [0.4, 0.5) is 4.39 Å². The summed E-state index contributed by atoms with van der Waals surface area (Å²) in [5.74, 6) is -0.120. The van der Waals surface area contributed by atoms with Gasteiger partial charge in [-0.2, -0.15) is 0 Å². The molecule has 3 aromatic rings. The first-order chi connectivity index (χ1) is 16.6. The summed E-state index contributed by atoms with van der Waals surface area (Å²) in [4.78, 5) is 30.7. The lowest BCUT2D eigenvalue weighted by atomic mass is 9.98. The monoisotopic (exact) mass is 477 g/mol. The van der Waals surface area contributed by atoms with Crippen molar-refractivity contribution in [2.24, 2.45) is 0 Å². The van der Waals surface area contributed by atoms with E-state index in [9.17, 15) is 14.0 Å². The van der Waals surface area contributed by atoms with Crippen molar-refractivity contribution in [2.45, 2.75) is 45.8 Å². The van der Waals surface area contributed by atoms with Gasteiger partial charge in [0.2, 0.25) is 5.91 Å². The number of methoxy groups -OCH3 is 1. The predicted molar refractivity (Wildman–Crippen MR) is 133 cm³/mol. The van der Waals surface area contributed by atoms with Crippen molar-refractivity contribution in [1.82, 2.24) is 14.4 Å². The van der Waals surface area contributed by atoms with Crippen molar-refractivity contribution < 1.29 is 18.7 Å². The van der Waals surface area contributed by atoms with Crippen LogP contribution in [0.25, 0.3) is 0 Å². The van der Waals surface area contributed by atoms with Crippen LogP contribution < -0.4 is 4.74 Å². The summed E-state index contributed by atoms with van der Waals surface area (Å²) in [5.41, 5.74) is 2.03. The number of nitrogens with zero attached hydrogens (tertiary/aromatic N) is 3. The quantitative estimate of drug-likeness (QED) is 0.530. The van der Waals surface area contributed by atoms with Crippen molar-refractivity contribution in [2.75, 3.05) is 20.2 Å². The molecule has 0 radical (unpaired) electrons. The molecular weight excluding hydrogens is 445 g/mol. The molecule has 1 aliphatic heterocycles. The van der Waals surface area contributed by atoms with Crippen molar-refractivity contribution in [3.63, 3.8) is 0 Å². The molecule has 0 bridgehead atoms. The third-order valence-electron chi connectivity index (χ3n) is 6.55. The molecule has 0 aliphatic carbocycles. The lowest BCUT2D eigenvalue weighted by Gasteiger charge is -2.41. The van der Waals surface area contributed by atoms with Crippen LogP contribution in [0.15, 0.2) is 60.8 Å². The zero-order valence-corrected chi connectivity index (χ0v) is 20.9.